The third-order valence-electron chi connectivity index (χ3n) is 9.01. The van der Waals surface area contributed by atoms with Gasteiger partial charge in [-0.25, -0.2) is 10.4 Å². The van der Waals surface area contributed by atoms with Crippen molar-refractivity contribution in [3.8, 4) is 0 Å². The van der Waals surface area contributed by atoms with Crippen LogP contribution in [0.1, 0.15) is 26.2 Å². The Labute approximate surface area is 236 Å². The number of hydrogen-bond acceptors (Lipinski definition) is 9. The number of carbonyl (C=O) groups is 2. The number of hydrogen-bond donors (Lipinski definition) is 5. The standard InChI is InChI=1S/C24H39ClF3N7O3S/c1-11-4-12(13-5-20(25)30-8-17(13)38-3)14(7-29-11)21(36)32-23-31-15-9-35(10-18(15)39-23)22(37)16-6-19(24(26,27)28)33-34(16)2/h11-20,23,29-31,33H,4-10H2,1-3H3,(H,32,36). The number of piperidine rings is 2. The summed E-state index contributed by atoms with van der Waals surface area (Å²) in [7, 11) is 3.18. The minimum absolute atomic E-state index is 0.00650. The second kappa shape index (κ2) is 11.8. The molecule has 5 heterocycles. The summed E-state index contributed by atoms with van der Waals surface area (Å²) in [5.74, 6) is -0.243. The number of methoxy groups -OCH3 is 1. The molecule has 10 nitrogen and oxygen atoms in total. The highest BCUT2D eigenvalue weighted by atomic mass is 35.5. The summed E-state index contributed by atoms with van der Waals surface area (Å²) in [4.78, 5) is 28.2. The number of amides is 2. The maximum Gasteiger partial charge on any atom is 0.405 e. The van der Waals surface area contributed by atoms with Crippen LogP contribution in [-0.2, 0) is 14.3 Å². The van der Waals surface area contributed by atoms with Crippen molar-refractivity contribution in [2.24, 2.45) is 17.8 Å². The smallest absolute Gasteiger partial charge is 0.380 e. The number of thioether (sulfide) groups is 1. The van der Waals surface area contributed by atoms with Crippen LogP contribution in [0.15, 0.2) is 0 Å². The molecule has 5 fully saturated rings. The molecule has 0 spiro atoms. The quantitative estimate of drug-likeness (QED) is 0.225. The van der Waals surface area contributed by atoms with Gasteiger partial charge in [0.25, 0.3) is 0 Å². The highest BCUT2D eigenvalue weighted by molar-refractivity contribution is 8.00. The monoisotopic (exact) mass is 597 g/mol. The Bertz CT molecular complexity index is 909. The molecule has 5 aliphatic rings. The molecule has 0 aromatic carbocycles. The van der Waals surface area contributed by atoms with Crippen molar-refractivity contribution in [3.63, 3.8) is 0 Å². The highest BCUT2D eigenvalue weighted by Crippen LogP contribution is 2.39. The van der Waals surface area contributed by atoms with Crippen LogP contribution < -0.4 is 26.7 Å². The molecule has 0 bridgehead atoms. The topological polar surface area (TPSA) is 110 Å². The molecule has 11 atom stereocenters. The molecule has 5 rings (SSSR count). The Morgan fingerprint density at radius 3 is 2.54 bits per heavy atom. The fourth-order valence-electron chi connectivity index (χ4n) is 6.90. The molecule has 0 aromatic heterocycles. The summed E-state index contributed by atoms with van der Waals surface area (Å²) in [6.45, 7) is 4.20. The molecule has 0 aromatic rings. The number of nitrogens with one attached hydrogen (secondary N) is 5. The second-order valence-electron chi connectivity index (χ2n) is 11.5. The number of rotatable bonds is 5. The first-order valence-corrected chi connectivity index (χ1v) is 15.0. The fourth-order valence-corrected chi connectivity index (χ4v) is 8.60. The third-order valence-corrected chi connectivity index (χ3v) is 10.7. The van der Waals surface area contributed by atoms with Gasteiger partial charge in [-0.2, -0.15) is 13.2 Å². The van der Waals surface area contributed by atoms with Crippen LogP contribution in [0.4, 0.5) is 13.2 Å². The molecule has 39 heavy (non-hydrogen) atoms. The average molecular weight is 598 g/mol. The molecular formula is C24H39ClF3N7O3S. The molecule has 0 radical (unpaired) electrons. The van der Waals surface area contributed by atoms with Gasteiger partial charge in [0.15, 0.2) is 0 Å². The van der Waals surface area contributed by atoms with Crippen molar-refractivity contribution in [1.82, 2.24) is 36.6 Å². The van der Waals surface area contributed by atoms with Gasteiger partial charge in [0.1, 0.15) is 17.6 Å². The van der Waals surface area contributed by atoms with Crippen LogP contribution in [0.2, 0.25) is 0 Å². The summed E-state index contributed by atoms with van der Waals surface area (Å²) in [5, 5.41) is 14.6. The molecule has 222 valence electrons. The van der Waals surface area contributed by atoms with E-state index in [0.29, 0.717) is 32.2 Å². The number of nitrogens with zero attached hydrogens (tertiary/aromatic N) is 2. The zero-order valence-electron chi connectivity index (χ0n) is 22.3. The Morgan fingerprint density at radius 2 is 1.87 bits per heavy atom. The lowest BCUT2D eigenvalue weighted by atomic mass is 9.70. The van der Waals surface area contributed by atoms with E-state index in [-0.39, 0.29) is 64.4 Å². The van der Waals surface area contributed by atoms with E-state index in [1.165, 1.54) is 12.1 Å². The molecule has 0 aliphatic carbocycles. The van der Waals surface area contributed by atoms with E-state index in [0.717, 1.165) is 12.8 Å². The van der Waals surface area contributed by atoms with Gasteiger partial charge in [-0.3, -0.25) is 20.2 Å². The predicted octanol–water partition coefficient (Wildman–Crippen LogP) is 0.245. The molecule has 5 N–H and O–H groups in total. The largest absolute Gasteiger partial charge is 0.405 e. The van der Waals surface area contributed by atoms with E-state index in [1.807, 2.05) is 0 Å². The van der Waals surface area contributed by atoms with E-state index >= 15 is 0 Å². The Kier molecular flexibility index (Phi) is 8.95. The van der Waals surface area contributed by atoms with Crippen molar-refractivity contribution in [2.45, 2.75) is 78.9 Å². The Morgan fingerprint density at radius 1 is 1.10 bits per heavy atom. The number of halogens is 4. The van der Waals surface area contributed by atoms with Crippen molar-refractivity contribution >= 4 is 35.2 Å². The first kappa shape index (κ1) is 29.6. The maximum atomic E-state index is 13.5. The lowest BCUT2D eigenvalue weighted by Crippen LogP contribution is -2.57. The number of hydrazine groups is 1. The molecular weight excluding hydrogens is 559 g/mol. The molecule has 11 unspecified atom stereocenters. The minimum atomic E-state index is -4.40. The van der Waals surface area contributed by atoms with Crippen molar-refractivity contribution in [3.05, 3.63) is 0 Å². The van der Waals surface area contributed by atoms with E-state index in [1.54, 1.807) is 23.8 Å². The van der Waals surface area contributed by atoms with Gasteiger partial charge < -0.3 is 20.3 Å². The van der Waals surface area contributed by atoms with Gasteiger partial charge in [-0.1, -0.05) is 0 Å². The van der Waals surface area contributed by atoms with Gasteiger partial charge >= 0.3 is 6.18 Å². The summed E-state index contributed by atoms with van der Waals surface area (Å²) in [6.07, 6.45) is -3.11. The van der Waals surface area contributed by atoms with Gasteiger partial charge in [-0.05, 0) is 38.0 Å². The maximum absolute atomic E-state index is 13.5. The predicted molar refractivity (Wildman–Crippen MR) is 142 cm³/mol. The van der Waals surface area contributed by atoms with E-state index in [4.69, 9.17) is 16.3 Å². The zero-order chi connectivity index (χ0) is 28.1. The summed E-state index contributed by atoms with van der Waals surface area (Å²) < 4.78 is 45.2. The summed E-state index contributed by atoms with van der Waals surface area (Å²) >= 11 is 8.00. The Balaban J connectivity index is 1.15. The van der Waals surface area contributed by atoms with E-state index in [9.17, 15) is 22.8 Å². The average Bonchev–Trinajstić information content (AvgIpc) is 3.56. The lowest BCUT2D eigenvalue weighted by molar-refractivity contribution is -0.156. The number of likely N-dealkylation sites (N-methyl/N-ethyl adjacent to an activating group) is 1. The SMILES string of the molecule is COC1CNC(Cl)CC1C1CC(C)NCC1C(=O)NC1NC2CN(C(=O)C3CC(C(F)(F)F)NN3C)CC2S1. The third kappa shape index (κ3) is 6.32. The first-order chi connectivity index (χ1) is 18.4. The summed E-state index contributed by atoms with van der Waals surface area (Å²) in [5.41, 5.74) is 1.93. The van der Waals surface area contributed by atoms with Crippen LogP contribution in [0.25, 0.3) is 0 Å². The molecule has 5 saturated heterocycles. The highest BCUT2D eigenvalue weighted by Gasteiger charge is 2.52. The van der Waals surface area contributed by atoms with Gasteiger partial charge in [0.2, 0.25) is 11.8 Å². The number of fused-ring (bicyclic) bond motifs is 1. The van der Waals surface area contributed by atoms with Crippen molar-refractivity contribution in [1.29, 1.82) is 0 Å². The normalized spacial score (nSPS) is 43.5. The minimum Gasteiger partial charge on any atom is -0.380 e. The van der Waals surface area contributed by atoms with Crippen LogP contribution >= 0.6 is 23.4 Å². The number of likely N-dealkylation sites (tertiary alicyclic amines) is 1. The van der Waals surface area contributed by atoms with Crippen molar-refractivity contribution in [2.75, 3.05) is 40.3 Å². The molecule has 0 saturated carbocycles. The molecule has 15 heteroatoms. The number of alkyl halides is 4. The van der Waals surface area contributed by atoms with Crippen LogP contribution in [0.5, 0.6) is 0 Å². The number of carbonyl (C=O) groups excluding carboxylic acids is 2. The van der Waals surface area contributed by atoms with E-state index < -0.39 is 18.3 Å². The van der Waals surface area contributed by atoms with Gasteiger partial charge in [-0.15, -0.1) is 23.4 Å². The van der Waals surface area contributed by atoms with Crippen LogP contribution in [-0.4, -0.2) is 115 Å². The van der Waals surface area contributed by atoms with Crippen molar-refractivity contribution < 1.29 is 27.5 Å². The number of ether oxygens (including phenoxy) is 1. The van der Waals surface area contributed by atoms with E-state index in [2.05, 4.69) is 33.6 Å². The van der Waals surface area contributed by atoms with Gasteiger partial charge in [0.05, 0.1) is 17.5 Å². The zero-order valence-corrected chi connectivity index (χ0v) is 23.9. The molecule has 5 aliphatic heterocycles. The van der Waals surface area contributed by atoms with Crippen LogP contribution in [0.3, 0.4) is 0 Å². The second-order valence-corrected chi connectivity index (χ2v) is 13.4. The molecule has 2 amide bonds. The summed E-state index contributed by atoms with van der Waals surface area (Å²) in [6, 6.07) is -2.32. The lowest BCUT2D eigenvalue weighted by Gasteiger charge is -2.45. The Hall–Kier alpha value is -0.870. The first-order valence-electron chi connectivity index (χ1n) is 13.6. The van der Waals surface area contributed by atoms with Crippen LogP contribution in [0, 0.1) is 17.8 Å². The van der Waals surface area contributed by atoms with Gasteiger partial charge in [0, 0.05) is 57.7 Å². The fraction of sp³-hybridized carbons (Fsp3) is 0.917.